The van der Waals surface area contributed by atoms with Gasteiger partial charge in [0.2, 0.25) is 0 Å². The highest BCUT2D eigenvalue weighted by molar-refractivity contribution is 4.89. The van der Waals surface area contributed by atoms with Crippen molar-refractivity contribution in [3.05, 3.63) is 0 Å². The summed E-state index contributed by atoms with van der Waals surface area (Å²) in [5, 5.41) is 29.0. The summed E-state index contributed by atoms with van der Waals surface area (Å²) < 4.78 is 0. The molecule has 0 amide bonds. The molecule has 0 aromatic carbocycles. The molecule has 2 fully saturated rings. The quantitative estimate of drug-likeness (QED) is 0.232. The van der Waals surface area contributed by atoms with Gasteiger partial charge in [-0.25, -0.2) is 0 Å². The van der Waals surface area contributed by atoms with Gasteiger partial charge in [0.15, 0.2) is 0 Å². The van der Waals surface area contributed by atoms with Crippen molar-refractivity contribution in [3.63, 3.8) is 0 Å². The zero-order chi connectivity index (χ0) is 18.9. The first-order valence-corrected chi connectivity index (χ1v) is 11.1. The third kappa shape index (κ3) is 11.3. The van der Waals surface area contributed by atoms with Crippen molar-refractivity contribution >= 4 is 0 Å². The van der Waals surface area contributed by atoms with Crippen molar-refractivity contribution in [3.8, 4) is 0 Å². The Kier molecular flexibility index (Phi) is 13.3. The largest absolute Gasteiger partial charge is 0.315 e. The van der Waals surface area contributed by atoms with E-state index < -0.39 is 0 Å². The van der Waals surface area contributed by atoms with Gasteiger partial charge in [0.25, 0.3) is 0 Å². The lowest BCUT2D eigenvalue weighted by Gasteiger charge is -2.36. The Morgan fingerprint density at radius 3 is 0.852 bits per heavy atom. The molecule has 8 nitrogen and oxygen atoms in total. The average molecular weight is 385 g/mol. The highest BCUT2D eigenvalue weighted by atomic mass is 15.1. The molecule has 2 aliphatic rings. The van der Waals surface area contributed by atoms with Gasteiger partial charge in [0.1, 0.15) is 0 Å². The molecule has 0 atom stereocenters. The molecule has 1 spiro atoms. The maximum absolute atomic E-state index is 3.70. The Balaban J connectivity index is 1.89. The molecule has 2 aliphatic heterocycles. The topological polar surface area (TPSA) is 96.2 Å². The standard InChI is InChI=1S/C19H44N8/c1-3-20-7-11-24-15-19(16-25-12-8-21-4-1)17-26-13-9-22-5-2-6-23-10-14-27-18-19/h20-27H,1-18H2. The minimum absolute atomic E-state index is 0.175. The molecule has 0 aromatic rings. The summed E-state index contributed by atoms with van der Waals surface area (Å²) in [6.07, 6.45) is 2.39. The van der Waals surface area contributed by atoms with E-state index in [1.54, 1.807) is 0 Å². The minimum atomic E-state index is 0.175. The summed E-state index contributed by atoms with van der Waals surface area (Å²) in [4.78, 5) is 0. The minimum Gasteiger partial charge on any atom is -0.315 e. The Bertz CT molecular complexity index is 278. The summed E-state index contributed by atoms with van der Waals surface area (Å²) in [5.41, 5.74) is 0.175. The first-order chi connectivity index (χ1) is 13.4. The molecular formula is C19H44N8. The molecule has 0 radical (unpaired) electrons. The van der Waals surface area contributed by atoms with E-state index in [1.165, 1.54) is 12.8 Å². The monoisotopic (exact) mass is 384 g/mol. The van der Waals surface area contributed by atoms with E-state index in [0.29, 0.717) is 0 Å². The van der Waals surface area contributed by atoms with Crippen molar-refractivity contribution in [1.82, 2.24) is 42.5 Å². The van der Waals surface area contributed by atoms with Crippen LogP contribution in [0.15, 0.2) is 0 Å². The van der Waals surface area contributed by atoms with Gasteiger partial charge in [-0.15, -0.1) is 0 Å². The molecule has 0 unspecified atom stereocenters. The van der Waals surface area contributed by atoms with Crippen molar-refractivity contribution in [2.45, 2.75) is 12.8 Å². The van der Waals surface area contributed by atoms with Crippen molar-refractivity contribution in [1.29, 1.82) is 0 Å². The number of nitrogens with one attached hydrogen (secondary N) is 8. The van der Waals surface area contributed by atoms with E-state index in [2.05, 4.69) is 42.5 Å². The molecule has 27 heavy (non-hydrogen) atoms. The molecular weight excluding hydrogens is 340 g/mol. The van der Waals surface area contributed by atoms with Crippen LogP contribution in [0.25, 0.3) is 0 Å². The molecule has 160 valence electrons. The molecule has 8 heteroatoms. The third-order valence-corrected chi connectivity index (χ3v) is 5.33. The first kappa shape index (κ1) is 23.0. The van der Waals surface area contributed by atoms with Crippen molar-refractivity contribution < 1.29 is 0 Å². The fourth-order valence-corrected chi connectivity index (χ4v) is 3.67. The Labute approximate surface area is 166 Å². The second-order valence-corrected chi connectivity index (χ2v) is 7.91. The third-order valence-electron chi connectivity index (χ3n) is 5.33. The van der Waals surface area contributed by atoms with Crippen LogP contribution < -0.4 is 42.5 Å². The summed E-state index contributed by atoms with van der Waals surface area (Å²) in [6.45, 7) is 16.7. The molecule has 0 saturated carbocycles. The van der Waals surface area contributed by atoms with Gasteiger partial charge in [0, 0.05) is 84.0 Å². The van der Waals surface area contributed by atoms with Crippen LogP contribution in [-0.4, -0.2) is 105 Å². The van der Waals surface area contributed by atoms with Crippen LogP contribution in [0.3, 0.4) is 0 Å². The molecule has 0 bridgehead atoms. The summed E-state index contributed by atoms with van der Waals surface area (Å²) in [5.74, 6) is 0. The van der Waals surface area contributed by atoms with Gasteiger partial charge in [-0.2, -0.15) is 0 Å². The fraction of sp³-hybridized carbons (Fsp3) is 1.00. The summed E-state index contributed by atoms with van der Waals surface area (Å²) >= 11 is 0. The predicted molar refractivity (Wildman–Crippen MR) is 115 cm³/mol. The maximum Gasteiger partial charge on any atom is 0.0202 e. The predicted octanol–water partition coefficient (Wildman–Crippen LogP) is -2.50. The van der Waals surface area contributed by atoms with Gasteiger partial charge < -0.3 is 42.5 Å². The lowest BCUT2D eigenvalue weighted by Crippen LogP contribution is -2.56. The van der Waals surface area contributed by atoms with Crippen LogP contribution in [0.5, 0.6) is 0 Å². The van der Waals surface area contributed by atoms with Crippen molar-refractivity contribution in [2.75, 3.05) is 105 Å². The Morgan fingerprint density at radius 2 is 0.556 bits per heavy atom. The van der Waals surface area contributed by atoms with E-state index in [-0.39, 0.29) is 5.41 Å². The molecule has 8 N–H and O–H groups in total. The van der Waals surface area contributed by atoms with E-state index in [9.17, 15) is 0 Å². The van der Waals surface area contributed by atoms with E-state index in [0.717, 1.165) is 105 Å². The van der Waals surface area contributed by atoms with E-state index in [1.807, 2.05) is 0 Å². The summed E-state index contributed by atoms with van der Waals surface area (Å²) in [7, 11) is 0. The van der Waals surface area contributed by atoms with Crippen LogP contribution >= 0.6 is 0 Å². The second kappa shape index (κ2) is 15.6. The first-order valence-electron chi connectivity index (χ1n) is 11.1. The lowest BCUT2D eigenvalue weighted by atomic mass is 9.87. The zero-order valence-corrected chi connectivity index (χ0v) is 17.2. The number of hydrogen-bond acceptors (Lipinski definition) is 8. The second-order valence-electron chi connectivity index (χ2n) is 7.91. The number of rotatable bonds is 0. The van der Waals surface area contributed by atoms with Gasteiger partial charge in [-0.3, -0.25) is 0 Å². The van der Waals surface area contributed by atoms with E-state index >= 15 is 0 Å². The van der Waals surface area contributed by atoms with Crippen LogP contribution in [0.4, 0.5) is 0 Å². The molecule has 0 aliphatic carbocycles. The van der Waals surface area contributed by atoms with Gasteiger partial charge in [-0.05, 0) is 39.0 Å². The average Bonchev–Trinajstić information content (AvgIpc) is 2.68. The maximum atomic E-state index is 3.70. The smallest absolute Gasteiger partial charge is 0.0202 e. The van der Waals surface area contributed by atoms with Crippen molar-refractivity contribution in [2.24, 2.45) is 5.41 Å². The Hall–Kier alpha value is -0.320. The zero-order valence-electron chi connectivity index (χ0n) is 17.2. The van der Waals surface area contributed by atoms with Crippen LogP contribution in [-0.2, 0) is 0 Å². The molecule has 0 aromatic heterocycles. The lowest BCUT2D eigenvalue weighted by molar-refractivity contribution is 0.235. The van der Waals surface area contributed by atoms with Gasteiger partial charge in [-0.1, -0.05) is 0 Å². The Morgan fingerprint density at radius 1 is 0.296 bits per heavy atom. The van der Waals surface area contributed by atoms with E-state index in [4.69, 9.17) is 0 Å². The van der Waals surface area contributed by atoms with Crippen LogP contribution in [0, 0.1) is 5.41 Å². The SMILES string of the molecule is C1CNCCNCC2(CNCCNC1)CNCCNCCCNCCNC2. The van der Waals surface area contributed by atoms with Crippen LogP contribution in [0.1, 0.15) is 12.8 Å². The molecule has 2 heterocycles. The van der Waals surface area contributed by atoms with Crippen LogP contribution in [0.2, 0.25) is 0 Å². The number of hydrogen-bond donors (Lipinski definition) is 8. The molecule has 2 rings (SSSR count). The highest BCUT2D eigenvalue weighted by Gasteiger charge is 2.29. The van der Waals surface area contributed by atoms with Gasteiger partial charge in [0.05, 0.1) is 0 Å². The summed E-state index contributed by atoms with van der Waals surface area (Å²) in [6, 6.07) is 0. The molecule has 2 saturated heterocycles. The highest BCUT2D eigenvalue weighted by Crippen LogP contribution is 2.13. The fourth-order valence-electron chi connectivity index (χ4n) is 3.67. The normalized spacial score (nSPS) is 26.7. The van der Waals surface area contributed by atoms with Gasteiger partial charge >= 0.3 is 0 Å².